The van der Waals surface area contributed by atoms with Gasteiger partial charge >= 0.3 is 49.8 Å². The van der Waals surface area contributed by atoms with E-state index in [0.717, 1.165) is 23.5 Å². The first-order chi connectivity index (χ1) is 21.6. The summed E-state index contributed by atoms with van der Waals surface area (Å²) in [6, 6.07) is 15.2. The first kappa shape index (κ1) is 37.2. The van der Waals surface area contributed by atoms with Crippen LogP contribution in [-0.4, -0.2) is 72.0 Å². The standard InChI is InChI=1S/C20H24NO3.C9H9BN6.2CO.Mo/c1-4-23-19-15(3)12-18-14(2)10-11-17(19)21(18)20(22)24-13-16-8-6-5-7-9-16;1-4-11-14(7-1)10(15-8-2-5-12-15)16-9-3-6-13-16;2*1-2;/h5-11,17-19H,3-4,12-13H2,1-2H3;1-9H;;;/q;-1;;;+2/t17-,18-,19-;;;;/m0..../s1. The van der Waals surface area contributed by atoms with Crippen molar-refractivity contribution in [2.45, 2.75) is 45.1 Å². The maximum Gasteiger partial charge on any atom is 2.00 e. The van der Waals surface area contributed by atoms with Crippen molar-refractivity contribution in [3.63, 3.8) is 0 Å². The first-order valence-corrected chi connectivity index (χ1v) is 13.7. The van der Waals surface area contributed by atoms with E-state index in [0.29, 0.717) is 6.61 Å². The SMILES string of the molecule is C=C1C[C@H]2[C](C)[CH][CH][C@@H]([C@H]1OCC)N2C(=O)OCc1ccccc1.[C-]#[O+].[C-]#[O+].[Mo+2].c1cnn([B-](n2cccn2)n2cccn2)c1. The average Bonchev–Trinajstić information content (AvgIpc) is 3.89. The van der Waals surface area contributed by atoms with E-state index >= 15 is 0 Å². The summed E-state index contributed by atoms with van der Waals surface area (Å²) in [5, 5.41) is 12.7. The van der Waals surface area contributed by atoms with Crippen LogP contribution < -0.4 is 0 Å². The predicted octanol–water partition coefficient (Wildman–Crippen LogP) is 3.87. The minimum absolute atomic E-state index is 0. The Balaban J connectivity index is 0.000000292. The number of rotatable bonds is 7. The van der Waals surface area contributed by atoms with Crippen LogP contribution in [0, 0.1) is 32.1 Å². The van der Waals surface area contributed by atoms with E-state index in [1.807, 2.05) is 92.3 Å². The Labute approximate surface area is 278 Å². The molecule has 1 aromatic carbocycles. The van der Waals surface area contributed by atoms with Crippen LogP contribution in [0.4, 0.5) is 4.79 Å². The zero-order chi connectivity index (χ0) is 31.9. The topological polar surface area (TPSA) is 132 Å². The van der Waals surface area contributed by atoms with Crippen molar-refractivity contribution >= 4 is 13.2 Å². The number of nitrogens with zero attached hydrogens (tertiary/aromatic N) is 7. The Morgan fingerprint density at radius 2 is 1.49 bits per heavy atom. The number of ether oxygens (including phenoxy) is 2. The summed E-state index contributed by atoms with van der Waals surface area (Å²) in [5.41, 5.74) is 2.03. The van der Waals surface area contributed by atoms with Gasteiger partial charge in [-0.3, -0.25) is 4.90 Å². The van der Waals surface area contributed by atoms with Crippen molar-refractivity contribution in [2.75, 3.05) is 6.61 Å². The largest absolute Gasteiger partial charge is 2.00 e. The third-order valence-corrected chi connectivity index (χ3v) is 6.95. The summed E-state index contributed by atoms with van der Waals surface area (Å²) in [7, 11) is -0.194. The Morgan fingerprint density at radius 3 is 1.96 bits per heavy atom. The van der Waals surface area contributed by atoms with Gasteiger partial charge in [0, 0.05) is 31.2 Å². The van der Waals surface area contributed by atoms with Crippen molar-refractivity contribution in [3.8, 4) is 0 Å². The molecule has 2 saturated heterocycles. The van der Waals surface area contributed by atoms with Gasteiger partial charge < -0.3 is 23.3 Å². The molecule has 2 aliphatic heterocycles. The van der Waals surface area contributed by atoms with Gasteiger partial charge in [-0.15, -0.1) is 0 Å². The Hall–Kier alpha value is -3.95. The first-order valence-electron chi connectivity index (χ1n) is 13.7. The van der Waals surface area contributed by atoms with E-state index < -0.39 is 0 Å². The molecule has 2 fully saturated rings. The minimum Gasteiger partial charge on any atom is -0.425 e. The van der Waals surface area contributed by atoms with Crippen molar-refractivity contribution < 1.29 is 44.6 Å². The molecule has 45 heavy (non-hydrogen) atoms. The molecule has 4 radical (unpaired) electrons. The molecule has 1 amide bonds. The van der Waals surface area contributed by atoms with Gasteiger partial charge in [-0.25, -0.2) is 20.1 Å². The molecule has 12 nitrogen and oxygen atoms in total. The molecule has 0 unspecified atom stereocenters. The van der Waals surface area contributed by atoms with Gasteiger partial charge in [0.1, 0.15) is 6.61 Å². The summed E-state index contributed by atoms with van der Waals surface area (Å²) in [6.07, 6.45) is 15.2. The van der Waals surface area contributed by atoms with Crippen LogP contribution in [0.2, 0.25) is 0 Å². The van der Waals surface area contributed by atoms with Gasteiger partial charge in [0.15, 0.2) is 0 Å². The van der Waals surface area contributed by atoms with Crippen LogP contribution in [0.1, 0.15) is 25.8 Å². The van der Waals surface area contributed by atoms with Crippen LogP contribution in [0.3, 0.4) is 0 Å². The number of hydrogen-bond donors (Lipinski definition) is 0. The number of carbonyl (C=O) groups excluding carboxylic acids is 1. The van der Waals surface area contributed by atoms with Crippen molar-refractivity contribution in [1.29, 1.82) is 0 Å². The second-order valence-corrected chi connectivity index (χ2v) is 9.60. The monoisotopic (exact) mass is 692 g/mol. The number of benzene rings is 1. The second-order valence-electron chi connectivity index (χ2n) is 9.60. The summed E-state index contributed by atoms with van der Waals surface area (Å²) >= 11 is 0. The van der Waals surface area contributed by atoms with Gasteiger partial charge in [-0.1, -0.05) is 43.8 Å². The molecule has 0 saturated carbocycles. The number of amides is 1. The molecular formula is C31H33BMoN7O5+. The zero-order valence-corrected chi connectivity index (χ0v) is 27.0. The Bertz CT molecular complexity index is 1350. The molecule has 5 heterocycles. The summed E-state index contributed by atoms with van der Waals surface area (Å²) < 4.78 is 31.8. The van der Waals surface area contributed by atoms with Gasteiger partial charge in [0.2, 0.25) is 0 Å². The molecule has 3 aromatic heterocycles. The summed E-state index contributed by atoms with van der Waals surface area (Å²) in [4.78, 5) is 14.6. The molecule has 0 N–H and O–H groups in total. The molecule has 0 spiro atoms. The number of piperidine rings is 2. The van der Waals surface area contributed by atoms with Gasteiger partial charge in [-0.2, -0.15) is 0 Å². The maximum atomic E-state index is 12.8. The maximum absolute atomic E-state index is 12.8. The Morgan fingerprint density at radius 1 is 0.956 bits per heavy atom. The van der Waals surface area contributed by atoms with Crippen molar-refractivity contribution in [3.05, 3.63) is 135 Å². The van der Waals surface area contributed by atoms with Gasteiger partial charge in [0.25, 0.3) is 7.12 Å². The molecule has 6 rings (SSSR count). The number of fused-ring (bicyclic) bond motifs is 2. The van der Waals surface area contributed by atoms with E-state index in [2.05, 4.69) is 41.6 Å². The third-order valence-electron chi connectivity index (χ3n) is 6.95. The molecule has 2 bridgehead atoms. The fourth-order valence-electron chi connectivity index (χ4n) is 5.05. The van der Waals surface area contributed by atoms with Crippen molar-refractivity contribution in [2.24, 2.45) is 0 Å². The van der Waals surface area contributed by atoms with E-state index in [1.165, 1.54) is 0 Å². The smallest absolute Gasteiger partial charge is 0.425 e. The van der Waals surface area contributed by atoms with Crippen molar-refractivity contribution in [1.82, 2.24) is 34.0 Å². The fourth-order valence-corrected chi connectivity index (χ4v) is 5.05. The fraction of sp³-hybridized carbons (Fsp3) is 0.258. The molecule has 14 heteroatoms. The average molecular weight is 690 g/mol. The number of hydrogen-bond acceptors (Lipinski definition) is 6. The molecule has 3 atom stereocenters. The minimum atomic E-state index is -0.297. The van der Waals surface area contributed by atoms with Crippen LogP contribution in [-0.2, 0) is 46.5 Å². The second kappa shape index (κ2) is 19.4. The van der Waals surface area contributed by atoms with E-state index in [9.17, 15) is 4.79 Å². The van der Waals surface area contributed by atoms with E-state index in [4.69, 9.17) is 18.8 Å². The zero-order valence-electron chi connectivity index (χ0n) is 25.0. The quantitative estimate of drug-likeness (QED) is 0.125. The van der Waals surface area contributed by atoms with Crippen LogP contribution in [0.25, 0.3) is 0 Å². The van der Waals surface area contributed by atoms with E-state index in [1.54, 1.807) is 32.4 Å². The van der Waals surface area contributed by atoms with Crippen LogP contribution >= 0.6 is 0 Å². The number of carbonyl (C=O) groups is 1. The van der Waals surface area contributed by atoms with E-state index in [-0.39, 0.29) is 59.1 Å². The normalized spacial score (nSPS) is 18.5. The molecule has 0 aliphatic carbocycles. The third kappa shape index (κ3) is 9.52. The molecule has 4 aromatic rings. The number of aromatic nitrogens is 6. The van der Waals surface area contributed by atoms with Crippen LogP contribution in [0.15, 0.2) is 97.9 Å². The molecule has 2 aliphatic rings. The summed E-state index contributed by atoms with van der Waals surface area (Å²) in [5.74, 6) is 1.15. The summed E-state index contributed by atoms with van der Waals surface area (Å²) in [6.45, 7) is 18.0. The Kier molecular flexibility index (Phi) is 16.1. The predicted molar refractivity (Wildman–Crippen MR) is 159 cm³/mol. The van der Waals surface area contributed by atoms with Gasteiger partial charge in [-0.05, 0) is 80.0 Å². The molecule has 230 valence electrons. The van der Waals surface area contributed by atoms with Crippen LogP contribution in [0.5, 0.6) is 0 Å². The molecular weight excluding hydrogens is 657 g/mol. The van der Waals surface area contributed by atoms with Gasteiger partial charge in [0.05, 0.1) is 12.1 Å².